The molecule has 168 valence electrons. The number of hydrogen-bond donors (Lipinski definition) is 3. The van der Waals surface area contributed by atoms with Gasteiger partial charge in [0.1, 0.15) is 5.76 Å². The maximum absolute atomic E-state index is 13.0. The average molecular weight is 429 g/mol. The molecule has 3 atom stereocenters. The van der Waals surface area contributed by atoms with E-state index in [1.165, 1.54) is 0 Å². The zero-order valence-corrected chi connectivity index (χ0v) is 18.6. The molecule has 31 heavy (non-hydrogen) atoms. The Balaban J connectivity index is 1.55. The van der Waals surface area contributed by atoms with E-state index in [2.05, 4.69) is 34.7 Å². The third-order valence-corrected chi connectivity index (χ3v) is 5.15. The van der Waals surface area contributed by atoms with Crippen molar-refractivity contribution in [3.8, 4) is 0 Å². The summed E-state index contributed by atoms with van der Waals surface area (Å²) in [7, 11) is 0. The number of morpholine rings is 1. The van der Waals surface area contributed by atoms with Gasteiger partial charge in [0.05, 0.1) is 31.1 Å². The van der Waals surface area contributed by atoms with Crippen LogP contribution in [0.1, 0.15) is 33.5 Å². The van der Waals surface area contributed by atoms with Crippen molar-refractivity contribution < 1.29 is 18.7 Å². The molecule has 1 aliphatic rings. The normalized spacial score (nSPS) is 20.3. The zero-order chi connectivity index (χ0) is 22.4. The van der Waals surface area contributed by atoms with Gasteiger partial charge in [-0.3, -0.25) is 9.69 Å². The molecule has 0 bridgehead atoms. The summed E-state index contributed by atoms with van der Waals surface area (Å²) in [6, 6.07) is 10.1. The fourth-order valence-corrected chi connectivity index (χ4v) is 3.94. The summed E-state index contributed by atoms with van der Waals surface area (Å²) in [6.45, 7) is 9.96. The third kappa shape index (κ3) is 6.57. The Labute approximate surface area is 183 Å². The highest BCUT2D eigenvalue weighted by Gasteiger charge is 2.34. The molecular weight excluding hydrogens is 396 g/mol. The summed E-state index contributed by atoms with van der Waals surface area (Å²) in [5.74, 6) is 0.807. The van der Waals surface area contributed by atoms with Crippen molar-refractivity contribution in [2.45, 2.75) is 52.5 Å². The number of nitrogens with zero attached hydrogens (tertiary/aromatic N) is 1. The number of ether oxygens (including phenoxy) is 1. The molecule has 1 fully saturated rings. The lowest BCUT2D eigenvalue weighted by atomic mass is 9.99. The Bertz CT molecular complexity index is 841. The van der Waals surface area contributed by atoms with Crippen LogP contribution >= 0.6 is 0 Å². The molecule has 3 unspecified atom stereocenters. The minimum absolute atomic E-state index is 0.0341. The number of carbonyl (C=O) groups is 2. The Hall–Kier alpha value is -2.84. The molecule has 8 nitrogen and oxygen atoms in total. The highest BCUT2D eigenvalue weighted by molar-refractivity contribution is 5.95. The van der Waals surface area contributed by atoms with Crippen molar-refractivity contribution in [3.05, 3.63) is 48.4 Å². The van der Waals surface area contributed by atoms with Crippen molar-refractivity contribution in [1.82, 2.24) is 10.2 Å². The fourth-order valence-electron chi connectivity index (χ4n) is 3.94. The van der Waals surface area contributed by atoms with Crippen LogP contribution in [-0.2, 0) is 16.1 Å². The second-order valence-electron chi connectivity index (χ2n) is 8.35. The number of carbonyl (C=O) groups excluding carboxylic acids is 2. The Morgan fingerprint density at radius 2 is 1.65 bits per heavy atom. The van der Waals surface area contributed by atoms with E-state index in [1.54, 1.807) is 42.7 Å². The molecule has 8 heteroatoms. The second kappa shape index (κ2) is 10.5. The van der Waals surface area contributed by atoms with Crippen LogP contribution in [0.2, 0.25) is 0 Å². The first-order valence-electron chi connectivity index (χ1n) is 10.7. The van der Waals surface area contributed by atoms with Crippen molar-refractivity contribution in [1.29, 1.82) is 0 Å². The second-order valence-corrected chi connectivity index (χ2v) is 8.35. The molecule has 3 amide bonds. The van der Waals surface area contributed by atoms with E-state index in [-0.39, 0.29) is 36.1 Å². The quantitative estimate of drug-likeness (QED) is 0.625. The highest BCUT2D eigenvalue weighted by Crippen LogP contribution is 2.21. The molecule has 1 saturated heterocycles. The number of amides is 3. The van der Waals surface area contributed by atoms with Gasteiger partial charge in [-0.05, 0) is 56.2 Å². The predicted molar refractivity (Wildman–Crippen MR) is 120 cm³/mol. The lowest BCUT2D eigenvalue weighted by Gasteiger charge is -2.41. The lowest BCUT2D eigenvalue weighted by Crippen LogP contribution is -2.55. The van der Waals surface area contributed by atoms with Gasteiger partial charge < -0.3 is 25.1 Å². The van der Waals surface area contributed by atoms with E-state index in [1.807, 2.05) is 13.8 Å². The SMILES string of the molecule is CC1CN(C(C(=O)Nc2ccc(NC(=O)NCc3ccco3)cc2)C(C)C)CC(C)O1. The first kappa shape index (κ1) is 22.8. The summed E-state index contributed by atoms with van der Waals surface area (Å²) in [6.07, 6.45) is 1.76. The van der Waals surface area contributed by atoms with Gasteiger partial charge >= 0.3 is 6.03 Å². The molecule has 3 rings (SSSR count). The molecule has 0 spiro atoms. The largest absolute Gasteiger partial charge is 0.467 e. The maximum atomic E-state index is 13.0. The van der Waals surface area contributed by atoms with Gasteiger partial charge in [0.2, 0.25) is 5.91 Å². The summed E-state index contributed by atoms with van der Waals surface area (Å²) in [5, 5.41) is 8.50. The third-order valence-electron chi connectivity index (χ3n) is 5.15. The van der Waals surface area contributed by atoms with Gasteiger partial charge in [-0.1, -0.05) is 13.8 Å². The van der Waals surface area contributed by atoms with Gasteiger partial charge in [0.25, 0.3) is 0 Å². The molecule has 0 saturated carbocycles. The van der Waals surface area contributed by atoms with Gasteiger partial charge in [-0.2, -0.15) is 0 Å². The van der Waals surface area contributed by atoms with Crippen LogP contribution in [0.25, 0.3) is 0 Å². The van der Waals surface area contributed by atoms with Crippen LogP contribution in [-0.4, -0.2) is 48.2 Å². The van der Waals surface area contributed by atoms with Crippen molar-refractivity contribution in [3.63, 3.8) is 0 Å². The van der Waals surface area contributed by atoms with E-state index in [4.69, 9.17) is 9.15 Å². The van der Waals surface area contributed by atoms with E-state index in [0.29, 0.717) is 23.7 Å². The topological polar surface area (TPSA) is 95.8 Å². The van der Waals surface area contributed by atoms with Crippen molar-refractivity contribution >= 4 is 23.3 Å². The number of hydrogen-bond acceptors (Lipinski definition) is 5. The molecule has 1 aliphatic heterocycles. The molecule has 2 heterocycles. The van der Waals surface area contributed by atoms with E-state index in [0.717, 1.165) is 13.1 Å². The number of rotatable bonds is 7. The number of anilines is 2. The van der Waals surface area contributed by atoms with Crippen molar-refractivity contribution in [2.75, 3.05) is 23.7 Å². The van der Waals surface area contributed by atoms with E-state index >= 15 is 0 Å². The minimum atomic E-state index is -0.330. The van der Waals surface area contributed by atoms with E-state index in [9.17, 15) is 9.59 Å². The van der Waals surface area contributed by atoms with Gasteiger partial charge in [0.15, 0.2) is 0 Å². The molecule has 0 aliphatic carbocycles. The number of urea groups is 1. The lowest BCUT2D eigenvalue weighted by molar-refractivity contribution is -0.130. The Kier molecular flexibility index (Phi) is 7.70. The number of benzene rings is 1. The summed E-state index contributed by atoms with van der Waals surface area (Å²) < 4.78 is 11.0. The van der Waals surface area contributed by atoms with Crippen LogP contribution in [0.15, 0.2) is 47.1 Å². The first-order chi connectivity index (χ1) is 14.8. The average Bonchev–Trinajstić information content (AvgIpc) is 3.21. The zero-order valence-electron chi connectivity index (χ0n) is 18.6. The van der Waals surface area contributed by atoms with Crippen LogP contribution in [0.5, 0.6) is 0 Å². The van der Waals surface area contributed by atoms with Crippen LogP contribution in [0, 0.1) is 5.92 Å². The number of nitrogens with one attached hydrogen (secondary N) is 3. The highest BCUT2D eigenvalue weighted by atomic mass is 16.5. The van der Waals surface area contributed by atoms with Gasteiger partial charge in [0, 0.05) is 24.5 Å². The van der Waals surface area contributed by atoms with Crippen LogP contribution in [0.3, 0.4) is 0 Å². The van der Waals surface area contributed by atoms with Gasteiger partial charge in [-0.15, -0.1) is 0 Å². The predicted octanol–water partition coefficient (Wildman–Crippen LogP) is 3.67. The van der Waals surface area contributed by atoms with Crippen molar-refractivity contribution in [2.24, 2.45) is 5.92 Å². The van der Waals surface area contributed by atoms with E-state index < -0.39 is 0 Å². The Morgan fingerprint density at radius 1 is 1.03 bits per heavy atom. The van der Waals surface area contributed by atoms with Crippen LogP contribution < -0.4 is 16.0 Å². The molecule has 2 aromatic rings. The number of furan rings is 1. The molecule has 3 N–H and O–H groups in total. The smallest absolute Gasteiger partial charge is 0.319 e. The fraction of sp³-hybridized carbons (Fsp3) is 0.478. The molecular formula is C23H32N4O4. The minimum Gasteiger partial charge on any atom is -0.467 e. The molecule has 0 radical (unpaired) electrons. The summed E-state index contributed by atoms with van der Waals surface area (Å²) in [4.78, 5) is 27.3. The summed E-state index contributed by atoms with van der Waals surface area (Å²) in [5.41, 5.74) is 1.32. The Morgan fingerprint density at radius 3 is 2.19 bits per heavy atom. The summed E-state index contributed by atoms with van der Waals surface area (Å²) >= 11 is 0. The standard InChI is InChI=1S/C23H32N4O4/c1-15(2)21(27-13-16(3)31-17(4)14-27)22(28)25-18-7-9-19(10-8-18)26-23(29)24-12-20-6-5-11-30-20/h5-11,15-17,21H,12-14H2,1-4H3,(H,25,28)(H2,24,26,29). The monoisotopic (exact) mass is 428 g/mol. The molecule has 1 aromatic heterocycles. The maximum Gasteiger partial charge on any atom is 0.319 e. The van der Waals surface area contributed by atoms with Gasteiger partial charge in [-0.25, -0.2) is 4.79 Å². The molecule has 1 aromatic carbocycles. The van der Waals surface area contributed by atoms with Crippen LogP contribution in [0.4, 0.5) is 16.2 Å². The first-order valence-corrected chi connectivity index (χ1v) is 10.7.